The normalized spacial score (nSPS) is 14.7. The van der Waals surface area contributed by atoms with Crippen LogP contribution in [0.5, 0.6) is 0 Å². The van der Waals surface area contributed by atoms with E-state index >= 15 is 0 Å². The molecular weight excluding hydrogens is 360 g/mol. The second-order valence-electron chi connectivity index (χ2n) is 9.27. The Morgan fingerprint density at radius 1 is 0.690 bits per heavy atom. The first-order valence-electron chi connectivity index (χ1n) is 11.8. The standard InChI is InChI=1S/C26H46O3/c1-9-10-11-12-13-17-20-25(8,24-18-15-14-16-19-24)26(27-21(2)3,28-22(4)5)29-23(6)7/h14-16,18-19,21-23H,9-13,17,20H2,1-8H3. The van der Waals surface area contributed by atoms with Gasteiger partial charge in [-0.1, -0.05) is 75.8 Å². The van der Waals surface area contributed by atoms with Crippen LogP contribution in [0.2, 0.25) is 0 Å². The lowest BCUT2D eigenvalue weighted by Gasteiger charge is -2.49. The molecule has 3 heteroatoms. The third-order valence-electron chi connectivity index (χ3n) is 5.29. The maximum absolute atomic E-state index is 6.53. The molecule has 1 unspecified atom stereocenters. The summed E-state index contributed by atoms with van der Waals surface area (Å²) in [6, 6.07) is 10.6. The largest absolute Gasteiger partial charge is 0.324 e. The fourth-order valence-corrected chi connectivity index (χ4v) is 3.94. The minimum atomic E-state index is -1.13. The first kappa shape index (κ1) is 26.1. The molecule has 0 amide bonds. The molecule has 1 aromatic carbocycles. The first-order chi connectivity index (χ1) is 13.7. The Balaban J connectivity index is 3.30. The lowest BCUT2D eigenvalue weighted by atomic mass is 9.75. The van der Waals surface area contributed by atoms with Crippen molar-refractivity contribution in [3.8, 4) is 0 Å². The molecule has 0 aromatic heterocycles. The van der Waals surface area contributed by atoms with Gasteiger partial charge in [-0.25, -0.2) is 0 Å². The van der Waals surface area contributed by atoms with Crippen LogP contribution in [0.1, 0.15) is 106 Å². The molecule has 1 aromatic rings. The van der Waals surface area contributed by atoms with E-state index < -0.39 is 11.4 Å². The Labute approximate surface area is 180 Å². The Bertz CT molecular complexity index is 512. The summed E-state index contributed by atoms with van der Waals surface area (Å²) < 4.78 is 19.6. The lowest BCUT2D eigenvalue weighted by molar-refractivity contribution is -0.438. The van der Waals surface area contributed by atoms with E-state index in [0.717, 1.165) is 12.8 Å². The Hall–Kier alpha value is -0.900. The van der Waals surface area contributed by atoms with Gasteiger partial charge in [0.25, 0.3) is 5.97 Å². The van der Waals surface area contributed by atoms with Crippen molar-refractivity contribution in [2.75, 3.05) is 0 Å². The van der Waals surface area contributed by atoms with E-state index in [2.05, 4.69) is 85.7 Å². The summed E-state index contributed by atoms with van der Waals surface area (Å²) in [5, 5.41) is 0. The molecule has 1 atom stereocenters. The number of ether oxygens (including phenoxy) is 3. The smallest absolute Gasteiger partial charge is 0.293 e. The molecule has 0 N–H and O–H groups in total. The first-order valence-corrected chi connectivity index (χ1v) is 11.8. The maximum Gasteiger partial charge on any atom is 0.293 e. The van der Waals surface area contributed by atoms with Gasteiger partial charge in [-0.2, -0.15) is 0 Å². The molecule has 0 spiro atoms. The van der Waals surface area contributed by atoms with Gasteiger partial charge in [-0.05, 0) is 60.5 Å². The van der Waals surface area contributed by atoms with Crippen LogP contribution in [0.15, 0.2) is 30.3 Å². The molecule has 168 valence electrons. The van der Waals surface area contributed by atoms with Gasteiger partial charge >= 0.3 is 0 Å². The zero-order chi connectivity index (χ0) is 21.9. The molecule has 0 aliphatic heterocycles. The van der Waals surface area contributed by atoms with Crippen molar-refractivity contribution < 1.29 is 14.2 Å². The topological polar surface area (TPSA) is 27.7 Å². The highest BCUT2D eigenvalue weighted by Gasteiger charge is 2.54. The summed E-state index contributed by atoms with van der Waals surface area (Å²) in [4.78, 5) is 0. The Morgan fingerprint density at radius 3 is 1.59 bits per heavy atom. The van der Waals surface area contributed by atoms with Crippen LogP contribution in [0, 0.1) is 0 Å². The van der Waals surface area contributed by atoms with E-state index in [4.69, 9.17) is 14.2 Å². The quantitative estimate of drug-likeness (QED) is 0.221. The van der Waals surface area contributed by atoms with E-state index in [1.807, 2.05) is 0 Å². The molecule has 0 bridgehead atoms. The van der Waals surface area contributed by atoms with E-state index in [0.29, 0.717) is 0 Å². The van der Waals surface area contributed by atoms with E-state index in [-0.39, 0.29) is 18.3 Å². The molecule has 0 fully saturated rings. The Morgan fingerprint density at radius 2 is 1.14 bits per heavy atom. The summed E-state index contributed by atoms with van der Waals surface area (Å²) in [6.07, 6.45) is 8.46. The van der Waals surface area contributed by atoms with Crippen molar-refractivity contribution in [2.24, 2.45) is 0 Å². The molecule has 0 aliphatic carbocycles. The third-order valence-corrected chi connectivity index (χ3v) is 5.29. The van der Waals surface area contributed by atoms with Crippen LogP contribution in [-0.4, -0.2) is 24.3 Å². The van der Waals surface area contributed by atoms with Crippen LogP contribution in [0.4, 0.5) is 0 Å². The van der Waals surface area contributed by atoms with Crippen LogP contribution >= 0.6 is 0 Å². The highest BCUT2D eigenvalue weighted by Crippen LogP contribution is 2.46. The average molecular weight is 407 g/mol. The summed E-state index contributed by atoms with van der Waals surface area (Å²) in [6.45, 7) is 16.8. The number of hydrogen-bond acceptors (Lipinski definition) is 3. The predicted molar refractivity (Wildman–Crippen MR) is 123 cm³/mol. The SMILES string of the molecule is CCCCCCCCC(C)(c1ccccc1)C(OC(C)C)(OC(C)C)OC(C)C. The molecule has 0 radical (unpaired) electrons. The molecule has 29 heavy (non-hydrogen) atoms. The van der Waals surface area contributed by atoms with Crippen molar-refractivity contribution in [3.63, 3.8) is 0 Å². The van der Waals surface area contributed by atoms with E-state index in [1.165, 1.54) is 37.7 Å². The summed E-state index contributed by atoms with van der Waals surface area (Å²) in [5.74, 6) is -1.13. The lowest BCUT2D eigenvalue weighted by Crippen LogP contribution is -2.59. The Kier molecular flexibility index (Phi) is 11.5. The van der Waals surface area contributed by atoms with Gasteiger partial charge < -0.3 is 14.2 Å². The zero-order valence-corrected chi connectivity index (χ0v) is 20.3. The second-order valence-corrected chi connectivity index (χ2v) is 9.27. The molecule has 0 saturated heterocycles. The van der Waals surface area contributed by atoms with Crippen molar-refractivity contribution in [1.29, 1.82) is 0 Å². The van der Waals surface area contributed by atoms with Gasteiger partial charge in [0, 0.05) is 0 Å². The predicted octanol–water partition coefficient (Wildman–Crippen LogP) is 7.62. The summed E-state index contributed by atoms with van der Waals surface area (Å²) >= 11 is 0. The minimum Gasteiger partial charge on any atom is -0.324 e. The highest BCUT2D eigenvalue weighted by molar-refractivity contribution is 5.27. The highest BCUT2D eigenvalue weighted by atomic mass is 16.9. The monoisotopic (exact) mass is 406 g/mol. The van der Waals surface area contributed by atoms with Crippen LogP contribution < -0.4 is 0 Å². The third kappa shape index (κ3) is 8.03. The molecular formula is C26H46O3. The summed E-state index contributed by atoms with van der Waals surface area (Å²) in [7, 11) is 0. The van der Waals surface area contributed by atoms with Crippen molar-refractivity contribution in [1.82, 2.24) is 0 Å². The zero-order valence-electron chi connectivity index (χ0n) is 20.3. The molecule has 0 heterocycles. The minimum absolute atomic E-state index is 0.0138. The maximum atomic E-state index is 6.53. The van der Waals surface area contributed by atoms with Crippen molar-refractivity contribution in [3.05, 3.63) is 35.9 Å². The fourth-order valence-electron chi connectivity index (χ4n) is 3.94. The van der Waals surface area contributed by atoms with Crippen molar-refractivity contribution in [2.45, 2.75) is 130 Å². The van der Waals surface area contributed by atoms with Gasteiger partial charge in [-0.3, -0.25) is 0 Å². The van der Waals surface area contributed by atoms with Crippen LogP contribution in [-0.2, 0) is 19.6 Å². The number of benzene rings is 1. The molecule has 1 rings (SSSR count). The van der Waals surface area contributed by atoms with Gasteiger partial charge in [-0.15, -0.1) is 0 Å². The molecule has 0 saturated carbocycles. The van der Waals surface area contributed by atoms with Gasteiger partial charge in [0.2, 0.25) is 0 Å². The van der Waals surface area contributed by atoms with Crippen molar-refractivity contribution >= 4 is 0 Å². The van der Waals surface area contributed by atoms with E-state index in [1.54, 1.807) is 0 Å². The van der Waals surface area contributed by atoms with Gasteiger partial charge in [0.05, 0.1) is 23.7 Å². The van der Waals surface area contributed by atoms with Crippen LogP contribution in [0.3, 0.4) is 0 Å². The number of hydrogen-bond donors (Lipinski definition) is 0. The second kappa shape index (κ2) is 12.7. The van der Waals surface area contributed by atoms with Crippen LogP contribution in [0.25, 0.3) is 0 Å². The van der Waals surface area contributed by atoms with Gasteiger partial charge in [0.15, 0.2) is 0 Å². The molecule has 3 nitrogen and oxygen atoms in total. The number of rotatable bonds is 15. The fraction of sp³-hybridized carbons (Fsp3) is 0.769. The van der Waals surface area contributed by atoms with Gasteiger partial charge in [0.1, 0.15) is 0 Å². The molecule has 0 aliphatic rings. The number of unbranched alkanes of at least 4 members (excludes halogenated alkanes) is 5. The summed E-state index contributed by atoms with van der Waals surface area (Å²) in [5.41, 5.74) is 0.785. The van der Waals surface area contributed by atoms with E-state index in [9.17, 15) is 0 Å². The average Bonchev–Trinajstić information content (AvgIpc) is 2.63.